The summed E-state index contributed by atoms with van der Waals surface area (Å²) in [7, 11) is 0. The zero-order valence-corrected chi connectivity index (χ0v) is 9.34. The van der Waals surface area contributed by atoms with E-state index in [9.17, 15) is 0 Å². The van der Waals surface area contributed by atoms with Crippen molar-refractivity contribution in [2.75, 3.05) is 0 Å². The minimum absolute atomic E-state index is 0.662. The Morgan fingerprint density at radius 3 is 2.50 bits per heavy atom. The first-order chi connectivity index (χ1) is 3.00. The highest BCUT2D eigenvalue weighted by Crippen LogP contribution is 2.33. The molecular weight excluding hydrogens is 417 g/mol. The SMILES string of the molecule is C1=CI=II=C1. The normalized spacial score (nSPS) is 20.0. The summed E-state index contributed by atoms with van der Waals surface area (Å²) >= 11 is 2.12. The van der Waals surface area contributed by atoms with Crippen molar-refractivity contribution in [3.63, 3.8) is 0 Å². The monoisotopic (exact) mass is 420 g/mol. The minimum Gasteiger partial charge on any atom is -0.0501 e. The van der Waals surface area contributed by atoms with Gasteiger partial charge in [0.1, 0.15) is 0 Å². The third kappa shape index (κ3) is 2.20. The van der Waals surface area contributed by atoms with Crippen molar-refractivity contribution in [3.8, 4) is 0 Å². The second-order valence-electron chi connectivity index (χ2n) is 0.663. The summed E-state index contributed by atoms with van der Waals surface area (Å²) in [6.45, 7) is 0. The quantitative estimate of drug-likeness (QED) is 0.529. The molecule has 0 radical (unpaired) electrons. The summed E-state index contributed by atoms with van der Waals surface area (Å²) < 4.78 is 4.80. The van der Waals surface area contributed by atoms with Gasteiger partial charge in [0.25, 0.3) is 0 Å². The van der Waals surface area contributed by atoms with Gasteiger partial charge in [-0.05, 0) is 54.1 Å². The lowest BCUT2D eigenvalue weighted by Gasteiger charge is -1.74. The van der Waals surface area contributed by atoms with Gasteiger partial charge in [-0.25, -0.2) is 0 Å². The average Bonchev–Trinajstić information content (AvgIpc) is 1.72. The van der Waals surface area contributed by atoms with Crippen LogP contribution in [0.2, 0.25) is 0 Å². The first-order valence-corrected chi connectivity index (χ1v) is 16.5. The van der Waals surface area contributed by atoms with E-state index in [4.69, 9.17) is 0 Å². The van der Waals surface area contributed by atoms with Crippen LogP contribution in [-0.4, -0.2) is 4.01 Å². The van der Waals surface area contributed by atoms with Gasteiger partial charge in [0.2, 0.25) is 0 Å². The third-order valence-electron chi connectivity index (χ3n) is 0.303. The lowest BCUT2D eigenvalue weighted by atomic mass is 10.8. The predicted molar refractivity (Wildman–Crippen MR) is 57.3 cm³/mol. The molecule has 0 saturated carbocycles. The van der Waals surface area contributed by atoms with Crippen LogP contribution in [0.1, 0.15) is 0 Å². The predicted octanol–water partition coefficient (Wildman–Crippen LogP) is 3.06. The topological polar surface area (TPSA) is 0 Å². The summed E-state index contributed by atoms with van der Waals surface area (Å²) in [5.41, 5.74) is 0. The molecule has 0 aromatic carbocycles. The Hall–Kier alpha value is 1.80. The van der Waals surface area contributed by atoms with Crippen LogP contribution in [0.3, 0.4) is 0 Å². The summed E-state index contributed by atoms with van der Waals surface area (Å²) in [4.78, 5) is 0. The van der Waals surface area contributed by atoms with Crippen molar-refractivity contribution in [1.82, 2.24) is 0 Å². The van der Waals surface area contributed by atoms with Crippen LogP contribution in [0.25, 0.3) is 0 Å². The maximum atomic E-state index is 2.40. The van der Waals surface area contributed by atoms with Crippen molar-refractivity contribution < 1.29 is 0 Å². The van der Waals surface area contributed by atoms with Gasteiger partial charge in [0, 0.05) is 0 Å². The van der Waals surface area contributed by atoms with E-state index in [1.54, 1.807) is 0 Å². The number of allylic oxidation sites excluding steroid dienone is 1. The van der Waals surface area contributed by atoms with Crippen LogP contribution in [0.5, 0.6) is 0 Å². The van der Waals surface area contributed by atoms with Crippen LogP contribution in [0, 0.1) is 0 Å². The number of hydrogen-bond acceptors (Lipinski definition) is 0. The maximum Gasteiger partial charge on any atom is -0.0129 e. The summed E-state index contributed by atoms with van der Waals surface area (Å²) in [5.74, 6) is 0. The van der Waals surface area contributed by atoms with Crippen molar-refractivity contribution in [2.45, 2.75) is 0 Å². The smallest absolute Gasteiger partial charge is 0.0129 e. The van der Waals surface area contributed by atoms with E-state index in [2.05, 4.69) is 14.2 Å². The molecule has 0 aromatic heterocycles. The van der Waals surface area contributed by atoms with E-state index in [1.165, 1.54) is 0 Å². The number of hydrogen-bond donors (Lipinski definition) is 0. The van der Waals surface area contributed by atoms with Gasteiger partial charge in [-0.3, -0.25) is 0 Å². The van der Waals surface area contributed by atoms with Gasteiger partial charge in [0.05, 0.1) is 0 Å². The molecule has 0 N–H and O–H groups in total. The van der Waals surface area contributed by atoms with Crippen LogP contribution in [0.15, 0.2) is 10.2 Å². The van der Waals surface area contributed by atoms with Crippen LogP contribution in [-0.2, 0) is 0 Å². The summed E-state index contributed by atoms with van der Waals surface area (Å²) in [6.07, 6.45) is 2.27. The zero-order valence-electron chi connectivity index (χ0n) is 2.87. The Balaban J connectivity index is 2.77. The fraction of sp³-hybridized carbons (Fsp3) is 0. The lowest BCUT2D eigenvalue weighted by Crippen LogP contribution is -1.46. The first-order valence-electron chi connectivity index (χ1n) is 1.39. The Morgan fingerprint density at radius 2 is 2.33 bits per heavy atom. The van der Waals surface area contributed by atoms with Gasteiger partial charge in [-0.15, -0.1) is 0 Å². The van der Waals surface area contributed by atoms with Gasteiger partial charge in [0.15, 0.2) is 0 Å². The van der Waals surface area contributed by atoms with Gasteiger partial charge >= 0.3 is 0 Å². The van der Waals surface area contributed by atoms with Crippen LogP contribution < -0.4 is 0 Å². The highest BCUT2D eigenvalue weighted by Gasteiger charge is 1.68. The van der Waals surface area contributed by atoms with E-state index in [0.29, 0.717) is 33.3 Å². The molecule has 0 saturated heterocycles. The average molecular weight is 420 g/mol. The Bertz CT molecular complexity index is 75.4. The van der Waals surface area contributed by atoms with Crippen molar-refractivity contribution >= 4 is 50.0 Å². The molecule has 0 nitrogen and oxygen atoms in total. The van der Waals surface area contributed by atoms with E-state index in [0.717, 1.165) is 12.6 Å². The molecule has 0 bridgehead atoms. The fourth-order valence-corrected chi connectivity index (χ4v) is 20.0. The standard InChI is InChI=1S/C3H3I3/c1-2-4-6-5-3-1/h1-3H. The van der Waals surface area contributed by atoms with E-state index in [-0.39, 0.29) is 0 Å². The molecule has 3 heteroatoms. The van der Waals surface area contributed by atoms with Crippen LogP contribution >= 0.6 is 46.0 Å². The maximum absolute atomic E-state index is 2.40. The molecule has 0 atom stereocenters. The van der Waals surface area contributed by atoms with E-state index in [1.807, 2.05) is 0 Å². The van der Waals surface area contributed by atoms with E-state index >= 15 is 0 Å². The van der Waals surface area contributed by atoms with Crippen molar-refractivity contribution in [3.05, 3.63) is 10.2 Å². The molecule has 1 heterocycles. The Morgan fingerprint density at radius 1 is 1.33 bits per heavy atom. The van der Waals surface area contributed by atoms with Gasteiger partial charge in [-0.2, -0.15) is 0 Å². The first kappa shape index (κ1) is 5.93. The fourth-order valence-electron chi connectivity index (χ4n) is 0.136. The second-order valence-corrected chi connectivity index (χ2v) is 25.6. The molecule has 0 aromatic rings. The molecule has 0 aliphatic carbocycles. The van der Waals surface area contributed by atoms with Crippen LogP contribution in [0.4, 0.5) is 0 Å². The van der Waals surface area contributed by atoms with Gasteiger partial charge < -0.3 is 0 Å². The molecule has 1 rings (SSSR count). The highest BCUT2D eigenvalue weighted by atomic mass is 128. The lowest BCUT2D eigenvalue weighted by molar-refractivity contribution is 2.54. The molecule has 1 aliphatic rings. The summed E-state index contributed by atoms with van der Waals surface area (Å²) in [6, 6.07) is 0. The highest BCUT2D eigenvalue weighted by molar-refractivity contribution is 15.3. The largest absolute Gasteiger partial charge is 0.0501 e. The van der Waals surface area contributed by atoms with Crippen molar-refractivity contribution in [1.29, 1.82) is 0 Å². The number of halogens is 3. The summed E-state index contributed by atoms with van der Waals surface area (Å²) in [5, 5.41) is 0. The molecular formula is C3H3I3. The third-order valence-corrected chi connectivity index (χ3v) is 24.1. The van der Waals surface area contributed by atoms with E-state index < -0.39 is 0 Å². The zero-order chi connectivity index (χ0) is 4.24. The molecule has 1 aliphatic heterocycles. The molecule has 36 valence electrons. The van der Waals surface area contributed by atoms with Crippen molar-refractivity contribution in [2.24, 2.45) is 0 Å². The molecule has 0 unspecified atom stereocenters. The molecule has 0 spiro atoms. The molecule has 0 fully saturated rings. The minimum atomic E-state index is 0.662. The molecule has 0 amide bonds. The second kappa shape index (κ2) is 3.76. The number of rotatable bonds is 0. The molecule has 6 heavy (non-hydrogen) atoms. The van der Waals surface area contributed by atoms with Gasteiger partial charge in [-0.1, -0.05) is 6.08 Å². The Kier molecular flexibility index (Phi) is 3.71. The Labute approximate surface area is 58.8 Å².